The number of methoxy groups -OCH3 is 2. The molecule has 0 saturated heterocycles. The molecule has 0 fully saturated rings. The summed E-state index contributed by atoms with van der Waals surface area (Å²) in [5, 5.41) is 8.72. The molecule has 0 aliphatic rings. The lowest BCUT2D eigenvalue weighted by molar-refractivity contribution is 0.0954. The van der Waals surface area contributed by atoms with Gasteiger partial charge in [-0.25, -0.2) is 10.1 Å². The van der Waals surface area contributed by atoms with Gasteiger partial charge in [0, 0.05) is 23.4 Å². The molecule has 0 saturated carbocycles. The zero-order chi connectivity index (χ0) is 21.6. The van der Waals surface area contributed by atoms with Gasteiger partial charge in [-0.15, -0.1) is 0 Å². The van der Waals surface area contributed by atoms with Gasteiger partial charge in [0.2, 0.25) is 0 Å². The van der Waals surface area contributed by atoms with Crippen LogP contribution in [0.3, 0.4) is 0 Å². The lowest BCUT2D eigenvalue weighted by Gasteiger charge is -2.07. The van der Waals surface area contributed by atoms with E-state index in [0.717, 1.165) is 5.69 Å². The predicted octanol–water partition coefficient (Wildman–Crippen LogP) is 3.91. The van der Waals surface area contributed by atoms with Crippen LogP contribution in [0.15, 0.2) is 82.6 Å². The summed E-state index contributed by atoms with van der Waals surface area (Å²) in [4.78, 5) is 12.5. The quantitative estimate of drug-likeness (QED) is 0.364. The van der Waals surface area contributed by atoms with Crippen molar-refractivity contribution >= 4 is 12.1 Å². The van der Waals surface area contributed by atoms with Crippen LogP contribution in [-0.2, 0) is 0 Å². The summed E-state index contributed by atoms with van der Waals surface area (Å²) in [6.45, 7) is 0. The SMILES string of the molecule is COc1cc(OC)cc(C(=O)N/N=C\c2cn(-c3ccccc3)nc2-c2ccco2)c1. The van der Waals surface area contributed by atoms with Crippen LogP contribution in [0, 0.1) is 0 Å². The van der Waals surface area contributed by atoms with Gasteiger partial charge >= 0.3 is 0 Å². The number of hydrogen-bond donors (Lipinski definition) is 1. The molecule has 0 radical (unpaired) electrons. The smallest absolute Gasteiger partial charge is 0.271 e. The second-order valence-corrected chi connectivity index (χ2v) is 6.49. The summed E-state index contributed by atoms with van der Waals surface area (Å²) in [6.07, 6.45) is 4.92. The first kappa shape index (κ1) is 20.0. The monoisotopic (exact) mass is 416 g/mol. The molecule has 0 aliphatic carbocycles. The molecule has 2 aromatic heterocycles. The van der Waals surface area contributed by atoms with Crippen molar-refractivity contribution in [3.8, 4) is 28.6 Å². The molecule has 0 unspecified atom stereocenters. The molecule has 1 N–H and O–H groups in total. The van der Waals surface area contributed by atoms with E-state index in [-0.39, 0.29) is 0 Å². The first-order valence-corrected chi connectivity index (χ1v) is 9.43. The molecule has 31 heavy (non-hydrogen) atoms. The molecule has 4 rings (SSSR count). The van der Waals surface area contributed by atoms with Crippen LogP contribution >= 0.6 is 0 Å². The average Bonchev–Trinajstić information content (AvgIpc) is 3.49. The molecule has 0 bridgehead atoms. The van der Waals surface area contributed by atoms with Crippen molar-refractivity contribution in [1.29, 1.82) is 0 Å². The number of nitrogens with zero attached hydrogens (tertiary/aromatic N) is 3. The minimum atomic E-state index is -0.400. The van der Waals surface area contributed by atoms with Gasteiger partial charge in [0.15, 0.2) is 5.76 Å². The highest BCUT2D eigenvalue weighted by Crippen LogP contribution is 2.24. The van der Waals surface area contributed by atoms with E-state index in [2.05, 4.69) is 15.6 Å². The summed E-state index contributed by atoms with van der Waals surface area (Å²) in [7, 11) is 3.05. The fourth-order valence-corrected chi connectivity index (χ4v) is 2.96. The number of carbonyl (C=O) groups excluding carboxylic acids is 1. The molecule has 1 amide bonds. The minimum Gasteiger partial charge on any atom is -0.497 e. The summed E-state index contributed by atoms with van der Waals surface area (Å²) in [6, 6.07) is 18.2. The number of benzene rings is 2. The Hall–Kier alpha value is -4.33. The molecule has 4 aromatic rings. The van der Waals surface area contributed by atoms with E-state index in [4.69, 9.17) is 13.9 Å². The van der Waals surface area contributed by atoms with Crippen LogP contribution < -0.4 is 14.9 Å². The third-order valence-corrected chi connectivity index (χ3v) is 4.50. The Kier molecular flexibility index (Phi) is 5.79. The number of carbonyl (C=O) groups is 1. The summed E-state index contributed by atoms with van der Waals surface area (Å²) < 4.78 is 17.6. The number of amides is 1. The van der Waals surface area contributed by atoms with Gasteiger partial charge in [-0.05, 0) is 36.4 Å². The standard InChI is InChI=1S/C23H20N4O4/c1-29-19-11-16(12-20(13-19)30-2)23(28)25-24-14-17-15-27(18-7-4-3-5-8-18)26-22(17)21-9-6-10-31-21/h3-15H,1-2H3,(H,25,28)/b24-14-. The van der Waals surface area contributed by atoms with E-state index in [0.29, 0.717) is 34.1 Å². The lowest BCUT2D eigenvalue weighted by atomic mass is 10.2. The molecule has 156 valence electrons. The van der Waals surface area contributed by atoms with Gasteiger partial charge in [-0.3, -0.25) is 4.79 Å². The van der Waals surface area contributed by atoms with Crippen molar-refractivity contribution in [2.75, 3.05) is 14.2 Å². The largest absolute Gasteiger partial charge is 0.497 e. The Morgan fingerprint density at radius 1 is 1.06 bits per heavy atom. The molecule has 0 aliphatic heterocycles. The fraction of sp³-hybridized carbons (Fsp3) is 0.0870. The molecule has 8 heteroatoms. The van der Waals surface area contributed by atoms with E-state index >= 15 is 0 Å². The van der Waals surface area contributed by atoms with Crippen LogP contribution in [0.2, 0.25) is 0 Å². The highest BCUT2D eigenvalue weighted by Gasteiger charge is 2.14. The van der Waals surface area contributed by atoms with E-state index in [1.165, 1.54) is 20.4 Å². The van der Waals surface area contributed by atoms with E-state index in [1.807, 2.05) is 42.6 Å². The van der Waals surface area contributed by atoms with Crippen molar-refractivity contribution in [2.24, 2.45) is 5.10 Å². The molecule has 2 aromatic carbocycles. The van der Waals surface area contributed by atoms with Crippen LogP contribution in [0.4, 0.5) is 0 Å². The van der Waals surface area contributed by atoms with E-state index in [1.54, 1.807) is 35.2 Å². The Balaban J connectivity index is 1.59. The number of nitrogens with one attached hydrogen (secondary N) is 1. The van der Waals surface area contributed by atoms with Gasteiger partial charge in [-0.1, -0.05) is 18.2 Å². The zero-order valence-corrected chi connectivity index (χ0v) is 17.0. The first-order valence-electron chi connectivity index (χ1n) is 9.43. The number of para-hydroxylation sites is 1. The maximum absolute atomic E-state index is 12.5. The number of rotatable bonds is 7. The van der Waals surface area contributed by atoms with Crippen molar-refractivity contribution in [1.82, 2.24) is 15.2 Å². The number of hydrogen-bond acceptors (Lipinski definition) is 6. The number of ether oxygens (including phenoxy) is 2. The minimum absolute atomic E-state index is 0.361. The Morgan fingerprint density at radius 2 is 1.81 bits per heavy atom. The van der Waals surface area contributed by atoms with Gasteiger partial charge in [-0.2, -0.15) is 10.2 Å². The maximum Gasteiger partial charge on any atom is 0.271 e. The fourth-order valence-electron chi connectivity index (χ4n) is 2.96. The average molecular weight is 416 g/mol. The predicted molar refractivity (Wildman–Crippen MR) is 116 cm³/mol. The number of furan rings is 1. The van der Waals surface area contributed by atoms with Gasteiger partial charge in [0.05, 0.1) is 32.4 Å². The molecular formula is C23H20N4O4. The Morgan fingerprint density at radius 3 is 2.45 bits per heavy atom. The van der Waals surface area contributed by atoms with Gasteiger partial charge < -0.3 is 13.9 Å². The van der Waals surface area contributed by atoms with Crippen LogP contribution in [-0.4, -0.2) is 36.1 Å². The molecular weight excluding hydrogens is 396 g/mol. The summed E-state index contributed by atoms with van der Waals surface area (Å²) in [5.74, 6) is 1.22. The second-order valence-electron chi connectivity index (χ2n) is 6.49. The second kappa shape index (κ2) is 9.00. The van der Waals surface area contributed by atoms with Crippen molar-refractivity contribution in [3.05, 3.63) is 84.3 Å². The number of aromatic nitrogens is 2. The Labute approximate surface area is 178 Å². The third kappa shape index (κ3) is 4.48. The molecule has 0 atom stereocenters. The molecule has 2 heterocycles. The molecule has 0 spiro atoms. The maximum atomic E-state index is 12.5. The van der Waals surface area contributed by atoms with E-state index < -0.39 is 5.91 Å². The van der Waals surface area contributed by atoms with Crippen LogP contribution in [0.1, 0.15) is 15.9 Å². The number of hydrazone groups is 1. The van der Waals surface area contributed by atoms with Gasteiger partial charge in [0.1, 0.15) is 17.2 Å². The topological polar surface area (TPSA) is 90.9 Å². The van der Waals surface area contributed by atoms with Crippen molar-refractivity contribution in [2.45, 2.75) is 0 Å². The van der Waals surface area contributed by atoms with Crippen LogP contribution in [0.5, 0.6) is 11.5 Å². The van der Waals surface area contributed by atoms with Crippen molar-refractivity contribution in [3.63, 3.8) is 0 Å². The lowest BCUT2D eigenvalue weighted by Crippen LogP contribution is -2.17. The summed E-state index contributed by atoms with van der Waals surface area (Å²) in [5.41, 5.74) is 5.06. The highest BCUT2D eigenvalue weighted by atomic mass is 16.5. The first-order chi connectivity index (χ1) is 15.2. The van der Waals surface area contributed by atoms with Gasteiger partial charge in [0.25, 0.3) is 5.91 Å². The Bertz CT molecular complexity index is 1180. The van der Waals surface area contributed by atoms with E-state index in [9.17, 15) is 4.79 Å². The third-order valence-electron chi connectivity index (χ3n) is 4.50. The summed E-state index contributed by atoms with van der Waals surface area (Å²) >= 11 is 0. The molecule has 8 nitrogen and oxygen atoms in total. The highest BCUT2D eigenvalue weighted by molar-refractivity contribution is 5.96. The normalized spacial score (nSPS) is 10.9. The zero-order valence-electron chi connectivity index (χ0n) is 17.0. The van der Waals surface area contributed by atoms with Crippen LogP contribution in [0.25, 0.3) is 17.1 Å². The van der Waals surface area contributed by atoms with Crippen molar-refractivity contribution < 1.29 is 18.7 Å².